The Kier molecular flexibility index (Phi) is 11.5. The second-order valence-corrected chi connectivity index (χ2v) is 14.1. The summed E-state index contributed by atoms with van der Waals surface area (Å²) in [5.74, 6) is -0.174. The molecule has 5 rings (SSSR count). The number of nitrogens with two attached hydrogens (primary N) is 1. The normalized spacial score (nSPS) is 14.4. The van der Waals surface area contributed by atoms with Crippen LogP contribution in [0.1, 0.15) is 15.9 Å². The Morgan fingerprint density at radius 3 is 2.23 bits per heavy atom. The van der Waals surface area contributed by atoms with Gasteiger partial charge in [-0.25, -0.2) is 13.1 Å². The molecule has 0 spiro atoms. The van der Waals surface area contributed by atoms with Crippen LogP contribution in [0.4, 0.5) is 17.1 Å². The molecule has 1 fully saturated rings. The molecule has 0 radical (unpaired) electrons. The Morgan fingerprint density at radius 1 is 0.915 bits per heavy atom. The summed E-state index contributed by atoms with van der Waals surface area (Å²) in [4.78, 5) is 29.3. The predicted octanol–water partition coefficient (Wildman–Crippen LogP) is 4.61. The molecule has 13 heteroatoms. The van der Waals surface area contributed by atoms with Gasteiger partial charge in [0.1, 0.15) is 5.69 Å². The molecule has 0 bridgehead atoms. The molecule has 11 nitrogen and oxygen atoms in total. The number of hydrogen-bond donors (Lipinski definition) is 3. The fourth-order valence-electron chi connectivity index (χ4n) is 5.42. The van der Waals surface area contributed by atoms with Gasteiger partial charge in [0.2, 0.25) is 0 Å². The molecule has 1 saturated heterocycles. The van der Waals surface area contributed by atoms with Crippen molar-refractivity contribution >= 4 is 44.8 Å². The Balaban J connectivity index is 1.12. The second-order valence-electron chi connectivity index (χ2n) is 11.2. The highest BCUT2D eigenvalue weighted by atomic mass is 32.2. The molecule has 1 atom stereocenters. The molecule has 1 aliphatic rings. The van der Waals surface area contributed by atoms with Gasteiger partial charge in [-0.15, -0.1) is 11.8 Å². The number of nitrogens with one attached hydrogen (secondary N) is 2. The van der Waals surface area contributed by atoms with E-state index in [1.807, 2.05) is 53.3 Å². The van der Waals surface area contributed by atoms with Crippen LogP contribution in [-0.4, -0.2) is 75.2 Å². The van der Waals surface area contributed by atoms with Crippen LogP contribution in [-0.2, 0) is 16.4 Å². The zero-order valence-corrected chi connectivity index (χ0v) is 27.5. The van der Waals surface area contributed by atoms with Crippen LogP contribution < -0.4 is 20.7 Å². The molecule has 0 aromatic heterocycles. The van der Waals surface area contributed by atoms with Gasteiger partial charge in [0, 0.05) is 73.3 Å². The third-order valence-electron chi connectivity index (χ3n) is 7.83. The molecule has 0 aliphatic carbocycles. The minimum Gasteiger partial charge on any atom is -0.379 e. The summed E-state index contributed by atoms with van der Waals surface area (Å²) in [6.45, 7) is 4.55. The number of nitrogens with zero attached hydrogens (tertiary/aromatic N) is 3. The zero-order valence-electron chi connectivity index (χ0n) is 25.8. The maximum Gasteiger partial charge on any atom is 0.293 e. The van der Waals surface area contributed by atoms with Crippen LogP contribution in [0.3, 0.4) is 0 Å². The van der Waals surface area contributed by atoms with E-state index < -0.39 is 26.5 Å². The fraction of sp³-hybridized carbons (Fsp3) is 0.265. The average molecular weight is 675 g/mol. The van der Waals surface area contributed by atoms with Gasteiger partial charge in [-0.05, 0) is 60.5 Å². The number of sulfonamides is 1. The lowest BCUT2D eigenvalue weighted by molar-refractivity contribution is -0.384. The van der Waals surface area contributed by atoms with Crippen molar-refractivity contribution in [1.29, 1.82) is 0 Å². The first-order valence-electron chi connectivity index (χ1n) is 15.3. The quantitative estimate of drug-likeness (QED) is 0.0749. The maximum absolute atomic E-state index is 13.0. The summed E-state index contributed by atoms with van der Waals surface area (Å²) >= 11 is 1.59. The average Bonchev–Trinajstić information content (AvgIpc) is 3.07. The van der Waals surface area contributed by atoms with Crippen molar-refractivity contribution in [3.05, 3.63) is 124 Å². The van der Waals surface area contributed by atoms with E-state index in [-0.39, 0.29) is 22.2 Å². The van der Waals surface area contributed by atoms with Gasteiger partial charge in [-0.2, -0.15) is 0 Å². The highest BCUT2D eigenvalue weighted by Gasteiger charge is 2.24. The molecule has 1 aliphatic heterocycles. The van der Waals surface area contributed by atoms with Crippen molar-refractivity contribution in [3.63, 3.8) is 0 Å². The van der Waals surface area contributed by atoms with Gasteiger partial charge in [0.25, 0.3) is 21.6 Å². The number of piperazine rings is 1. The monoisotopic (exact) mass is 674 g/mol. The first kappa shape index (κ1) is 33.9. The van der Waals surface area contributed by atoms with E-state index in [2.05, 4.69) is 27.2 Å². The zero-order chi connectivity index (χ0) is 33.2. The molecule has 0 saturated carbocycles. The second kappa shape index (κ2) is 15.9. The van der Waals surface area contributed by atoms with E-state index in [9.17, 15) is 23.3 Å². The molecule has 4 aromatic carbocycles. The number of carbonyl (C=O) groups is 1. The third kappa shape index (κ3) is 9.55. The molecule has 1 unspecified atom stereocenters. The van der Waals surface area contributed by atoms with Crippen molar-refractivity contribution in [1.82, 2.24) is 9.62 Å². The van der Waals surface area contributed by atoms with E-state index in [1.54, 1.807) is 36.0 Å². The van der Waals surface area contributed by atoms with Crippen LogP contribution >= 0.6 is 11.8 Å². The lowest BCUT2D eigenvalue weighted by Gasteiger charge is -2.37. The number of hydrogen-bond acceptors (Lipinski definition) is 10. The van der Waals surface area contributed by atoms with Crippen LogP contribution in [0.25, 0.3) is 0 Å². The first-order valence-corrected chi connectivity index (χ1v) is 17.8. The summed E-state index contributed by atoms with van der Waals surface area (Å²) in [6.07, 6.45) is 0.828. The summed E-state index contributed by atoms with van der Waals surface area (Å²) in [7, 11) is -4.37. The number of rotatable bonds is 14. The molecular weight excluding hydrogens is 637 g/mol. The predicted molar refractivity (Wildman–Crippen MR) is 187 cm³/mol. The van der Waals surface area contributed by atoms with E-state index in [4.69, 9.17) is 5.73 Å². The molecule has 1 amide bonds. The number of nitro benzene ring substituents is 1. The van der Waals surface area contributed by atoms with Crippen LogP contribution in [0.15, 0.2) is 113 Å². The lowest BCUT2D eigenvalue weighted by Crippen LogP contribution is -2.50. The van der Waals surface area contributed by atoms with E-state index in [0.29, 0.717) is 12.3 Å². The number of benzene rings is 4. The van der Waals surface area contributed by atoms with Crippen molar-refractivity contribution in [3.8, 4) is 0 Å². The Hall–Kier alpha value is -4.43. The molecule has 4 N–H and O–H groups in total. The Labute approximate surface area is 279 Å². The van der Waals surface area contributed by atoms with Gasteiger partial charge in [0.15, 0.2) is 0 Å². The Morgan fingerprint density at radius 2 is 1.57 bits per heavy atom. The van der Waals surface area contributed by atoms with Gasteiger partial charge in [-0.3, -0.25) is 19.8 Å². The minimum absolute atomic E-state index is 0.0492. The molecule has 47 heavy (non-hydrogen) atoms. The van der Waals surface area contributed by atoms with Crippen molar-refractivity contribution in [2.45, 2.75) is 22.3 Å². The molecular formula is C34H38N6O5S2. The van der Waals surface area contributed by atoms with Crippen molar-refractivity contribution in [2.75, 3.05) is 55.2 Å². The lowest BCUT2D eigenvalue weighted by atomic mass is 10.1. The SMILES string of the molecule is NC(Cc1ccccc1)CN1CCN(c2ccc(C(=O)NS(=O)(=O)c3ccc(NCCSc4ccccc4)c([N+](=O)[O-])c3)cc2)CC1. The highest BCUT2D eigenvalue weighted by molar-refractivity contribution is 7.99. The third-order valence-corrected chi connectivity index (χ3v) is 10.2. The largest absolute Gasteiger partial charge is 0.379 e. The van der Waals surface area contributed by atoms with E-state index >= 15 is 0 Å². The summed E-state index contributed by atoms with van der Waals surface area (Å²) < 4.78 is 28.1. The van der Waals surface area contributed by atoms with Gasteiger partial charge >= 0.3 is 0 Å². The van der Waals surface area contributed by atoms with Crippen molar-refractivity contribution < 1.29 is 18.1 Å². The van der Waals surface area contributed by atoms with Crippen LogP contribution in [0.5, 0.6) is 0 Å². The van der Waals surface area contributed by atoms with Crippen LogP contribution in [0.2, 0.25) is 0 Å². The Bertz CT molecular complexity index is 1750. The topological polar surface area (TPSA) is 151 Å². The number of nitro groups is 1. The fourth-order valence-corrected chi connectivity index (χ4v) is 7.20. The highest BCUT2D eigenvalue weighted by Crippen LogP contribution is 2.28. The number of carbonyl (C=O) groups excluding carboxylic acids is 1. The standard InChI is InChI=1S/C34H38N6O5S2/c35-28(23-26-7-3-1-4-8-26)25-38-18-20-39(21-19-38)29-13-11-27(12-14-29)34(41)37-47(44,45)31-15-16-32(33(24-31)40(42)43)36-17-22-46-30-9-5-2-6-10-30/h1-16,24,28,36H,17-23,25,35H2,(H,37,41). The first-order chi connectivity index (χ1) is 22.7. The molecule has 4 aromatic rings. The van der Waals surface area contributed by atoms with E-state index in [0.717, 1.165) is 55.8 Å². The summed E-state index contributed by atoms with van der Waals surface area (Å²) in [6, 6.07) is 30.3. The van der Waals surface area contributed by atoms with Crippen LogP contribution in [0, 0.1) is 10.1 Å². The van der Waals surface area contributed by atoms with E-state index in [1.165, 1.54) is 17.7 Å². The summed E-state index contributed by atoms with van der Waals surface area (Å²) in [5, 5.41) is 14.8. The van der Waals surface area contributed by atoms with Gasteiger partial charge in [0.05, 0.1) is 9.82 Å². The number of amides is 1. The van der Waals surface area contributed by atoms with Gasteiger partial charge < -0.3 is 16.0 Å². The smallest absolute Gasteiger partial charge is 0.293 e. The van der Waals surface area contributed by atoms with Gasteiger partial charge in [-0.1, -0.05) is 48.5 Å². The molecule has 246 valence electrons. The number of anilines is 2. The minimum atomic E-state index is -4.37. The van der Waals surface area contributed by atoms with Crippen molar-refractivity contribution in [2.24, 2.45) is 5.73 Å². The number of thioether (sulfide) groups is 1. The molecule has 1 heterocycles. The summed E-state index contributed by atoms with van der Waals surface area (Å²) in [5.41, 5.74) is 8.52. The maximum atomic E-state index is 13.0.